The highest BCUT2D eigenvalue weighted by Gasteiger charge is 2.21. The van der Waals surface area contributed by atoms with E-state index in [-0.39, 0.29) is 11.9 Å². The van der Waals surface area contributed by atoms with Crippen LogP contribution < -0.4 is 0 Å². The topological polar surface area (TPSA) is 52.6 Å². The summed E-state index contributed by atoms with van der Waals surface area (Å²) in [4.78, 5) is 23.3. The molecule has 2 rings (SSSR count). The van der Waals surface area contributed by atoms with E-state index < -0.39 is 5.60 Å². The minimum atomic E-state index is -0.452. The first kappa shape index (κ1) is 18.2. The fourth-order valence-electron chi connectivity index (χ4n) is 2.97. The molecule has 0 atom stereocenters. The summed E-state index contributed by atoms with van der Waals surface area (Å²) in [7, 11) is 1.38. The summed E-state index contributed by atoms with van der Waals surface area (Å²) in [5, 5.41) is 0. The average Bonchev–Trinajstić information content (AvgIpc) is 2.53. The van der Waals surface area contributed by atoms with E-state index in [1.54, 1.807) is 6.08 Å². The zero-order valence-electron chi connectivity index (χ0n) is 14.9. The van der Waals surface area contributed by atoms with Gasteiger partial charge >= 0.3 is 11.9 Å². The van der Waals surface area contributed by atoms with Crippen LogP contribution in [0.1, 0.15) is 68.3 Å². The Balaban J connectivity index is 1.93. The Morgan fingerprint density at radius 1 is 1.08 bits per heavy atom. The molecule has 1 aromatic carbocycles. The van der Waals surface area contributed by atoms with E-state index in [0.29, 0.717) is 11.5 Å². The Morgan fingerprint density at radius 2 is 1.67 bits per heavy atom. The SMILES string of the molecule is COC(=O)c1ccc(C2CCC(=CC(=O)OC(C)(C)C)CC2)cc1. The Hall–Kier alpha value is -2.10. The number of carbonyl (C=O) groups excluding carboxylic acids is 2. The van der Waals surface area contributed by atoms with Gasteiger partial charge < -0.3 is 9.47 Å². The number of benzene rings is 1. The fraction of sp³-hybridized carbons (Fsp3) is 0.500. The van der Waals surface area contributed by atoms with Crippen molar-refractivity contribution in [3.8, 4) is 0 Å². The lowest BCUT2D eigenvalue weighted by molar-refractivity contribution is -0.148. The molecule has 130 valence electrons. The number of carbonyl (C=O) groups is 2. The van der Waals surface area contributed by atoms with Crippen LogP contribution in [0.25, 0.3) is 0 Å². The molecule has 0 spiro atoms. The maximum Gasteiger partial charge on any atom is 0.337 e. The third-order valence-electron chi connectivity index (χ3n) is 4.16. The van der Waals surface area contributed by atoms with Crippen LogP contribution >= 0.6 is 0 Å². The van der Waals surface area contributed by atoms with Gasteiger partial charge in [-0.15, -0.1) is 0 Å². The smallest absolute Gasteiger partial charge is 0.337 e. The summed E-state index contributed by atoms with van der Waals surface area (Å²) >= 11 is 0. The summed E-state index contributed by atoms with van der Waals surface area (Å²) in [6.45, 7) is 5.62. The van der Waals surface area contributed by atoms with Crippen molar-refractivity contribution in [3.63, 3.8) is 0 Å². The van der Waals surface area contributed by atoms with Gasteiger partial charge in [-0.25, -0.2) is 9.59 Å². The zero-order valence-corrected chi connectivity index (χ0v) is 14.9. The third kappa shape index (κ3) is 5.22. The third-order valence-corrected chi connectivity index (χ3v) is 4.16. The minimum Gasteiger partial charge on any atom is -0.465 e. The number of hydrogen-bond acceptors (Lipinski definition) is 4. The van der Waals surface area contributed by atoms with Crippen LogP contribution in [0.5, 0.6) is 0 Å². The first-order valence-corrected chi connectivity index (χ1v) is 8.39. The van der Waals surface area contributed by atoms with E-state index >= 15 is 0 Å². The molecule has 0 aromatic heterocycles. The maximum atomic E-state index is 11.9. The van der Waals surface area contributed by atoms with Crippen molar-refractivity contribution in [1.29, 1.82) is 0 Å². The van der Waals surface area contributed by atoms with Crippen molar-refractivity contribution in [3.05, 3.63) is 47.0 Å². The number of esters is 2. The monoisotopic (exact) mass is 330 g/mol. The molecular weight excluding hydrogens is 304 g/mol. The molecule has 0 heterocycles. The number of methoxy groups -OCH3 is 1. The Kier molecular flexibility index (Phi) is 5.81. The van der Waals surface area contributed by atoms with Crippen LogP contribution in [0.2, 0.25) is 0 Å². The molecule has 0 radical (unpaired) electrons. The van der Waals surface area contributed by atoms with Gasteiger partial charge in [-0.3, -0.25) is 0 Å². The van der Waals surface area contributed by atoms with Crippen LogP contribution in [0, 0.1) is 0 Å². The highest BCUT2D eigenvalue weighted by Crippen LogP contribution is 2.35. The standard InChI is InChI=1S/C20H26O4/c1-20(2,3)24-18(21)13-14-5-7-15(8-6-14)16-9-11-17(12-10-16)19(22)23-4/h9-13,15H,5-8H2,1-4H3. The number of hydrogen-bond donors (Lipinski definition) is 0. The van der Waals surface area contributed by atoms with Crippen LogP contribution in [0.15, 0.2) is 35.9 Å². The van der Waals surface area contributed by atoms with Gasteiger partial charge in [0.2, 0.25) is 0 Å². The van der Waals surface area contributed by atoms with Crippen molar-refractivity contribution < 1.29 is 19.1 Å². The molecule has 0 bridgehead atoms. The molecule has 1 aliphatic rings. The summed E-state index contributed by atoms with van der Waals surface area (Å²) in [5.41, 5.74) is 2.51. The summed E-state index contributed by atoms with van der Waals surface area (Å²) in [5.74, 6) is -0.0985. The Morgan fingerprint density at radius 3 is 2.17 bits per heavy atom. The van der Waals surface area contributed by atoms with E-state index in [1.807, 2.05) is 45.0 Å². The van der Waals surface area contributed by atoms with Crippen molar-refractivity contribution in [1.82, 2.24) is 0 Å². The molecule has 0 saturated heterocycles. The molecule has 1 aromatic rings. The second-order valence-corrected chi connectivity index (χ2v) is 7.22. The highest BCUT2D eigenvalue weighted by atomic mass is 16.6. The van der Waals surface area contributed by atoms with Gasteiger partial charge in [-0.1, -0.05) is 17.7 Å². The first-order valence-electron chi connectivity index (χ1n) is 8.39. The largest absolute Gasteiger partial charge is 0.465 e. The van der Waals surface area contributed by atoms with Gasteiger partial charge in [-0.2, -0.15) is 0 Å². The second-order valence-electron chi connectivity index (χ2n) is 7.22. The van der Waals surface area contributed by atoms with Crippen molar-refractivity contribution in [2.75, 3.05) is 7.11 Å². The molecule has 0 unspecified atom stereocenters. The van der Waals surface area contributed by atoms with Crippen molar-refractivity contribution >= 4 is 11.9 Å². The highest BCUT2D eigenvalue weighted by molar-refractivity contribution is 5.89. The number of rotatable bonds is 3. The number of allylic oxidation sites excluding steroid dienone is 1. The van der Waals surface area contributed by atoms with Crippen LogP contribution in [-0.2, 0) is 14.3 Å². The zero-order chi connectivity index (χ0) is 17.7. The van der Waals surface area contributed by atoms with E-state index in [0.717, 1.165) is 31.3 Å². The Bertz CT molecular complexity index is 610. The van der Waals surface area contributed by atoms with E-state index in [1.165, 1.54) is 12.7 Å². The quantitative estimate of drug-likeness (QED) is 0.609. The predicted octanol–water partition coefficient (Wildman–Crippen LogP) is 4.40. The van der Waals surface area contributed by atoms with Gasteiger partial charge in [0, 0.05) is 6.08 Å². The average molecular weight is 330 g/mol. The van der Waals surface area contributed by atoms with Gasteiger partial charge in [0.05, 0.1) is 12.7 Å². The lowest BCUT2D eigenvalue weighted by Crippen LogP contribution is -2.23. The molecule has 0 N–H and O–H groups in total. The van der Waals surface area contributed by atoms with Crippen LogP contribution in [0.3, 0.4) is 0 Å². The molecule has 4 heteroatoms. The molecule has 0 amide bonds. The lowest BCUT2D eigenvalue weighted by atomic mass is 9.81. The van der Waals surface area contributed by atoms with Gasteiger partial charge in [0.15, 0.2) is 0 Å². The Labute approximate surface area is 143 Å². The van der Waals surface area contributed by atoms with Gasteiger partial charge in [0.1, 0.15) is 5.60 Å². The van der Waals surface area contributed by atoms with Gasteiger partial charge in [0.25, 0.3) is 0 Å². The fourth-order valence-corrected chi connectivity index (χ4v) is 2.97. The first-order chi connectivity index (χ1) is 11.3. The summed E-state index contributed by atoms with van der Waals surface area (Å²) in [6.07, 6.45) is 5.48. The molecular formula is C20H26O4. The van der Waals surface area contributed by atoms with E-state index in [2.05, 4.69) is 0 Å². The molecule has 0 aliphatic heterocycles. The van der Waals surface area contributed by atoms with Crippen LogP contribution in [0.4, 0.5) is 0 Å². The molecule has 1 saturated carbocycles. The minimum absolute atomic E-state index is 0.251. The van der Waals surface area contributed by atoms with Crippen molar-refractivity contribution in [2.45, 2.75) is 58.0 Å². The van der Waals surface area contributed by atoms with Crippen LogP contribution in [-0.4, -0.2) is 24.6 Å². The number of ether oxygens (including phenoxy) is 2. The predicted molar refractivity (Wildman–Crippen MR) is 92.9 cm³/mol. The molecule has 1 fully saturated rings. The second kappa shape index (κ2) is 7.65. The van der Waals surface area contributed by atoms with E-state index in [4.69, 9.17) is 9.47 Å². The molecule has 4 nitrogen and oxygen atoms in total. The van der Waals surface area contributed by atoms with E-state index in [9.17, 15) is 9.59 Å². The summed E-state index contributed by atoms with van der Waals surface area (Å²) < 4.78 is 10.1. The normalized spacial score (nSPS) is 18.0. The lowest BCUT2D eigenvalue weighted by Gasteiger charge is -2.25. The maximum absolute atomic E-state index is 11.9. The van der Waals surface area contributed by atoms with Gasteiger partial charge in [-0.05, 0) is 70.1 Å². The summed E-state index contributed by atoms with van der Waals surface area (Å²) in [6, 6.07) is 7.62. The molecule has 1 aliphatic carbocycles. The molecule has 24 heavy (non-hydrogen) atoms. The van der Waals surface area contributed by atoms with Crippen molar-refractivity contribution in [2.24, 2.45) is 0 Å².